The Bertz CT molecular complexity index is 1110. The number of hydrogen-bond donors (Lipinski definition) is 0. The largest absolute Gasteiger partial charge is 0.497 e. The van der Waals surface area contributed by atoms with Gasteiger partial charge in [-0.2, -0.15) is 4.99 Å². The summed E-state index contributed by atoms with van der Waals surface area (Å²) in [6, 6.07) is 13.1. The lowest BCUT2D eigenvalue weighted by atomic mass is 10.1. The Morgan fingerprint density at radius 2 is 1.90 bits per heavy atom. The molecule has 0 spiro atoms. The number of hydrogen-bond acceptors (Lipinski definition) is 5. The van der Waals surface area contributed by atoms with Crippen LogP contribution >= 0.6 is 11.8 Å². The maximum absolute atomic E-state index is 12.7. The molecule has 2 aromatic carbocycles. The minimum absolute atomic E-state index is 0.0870. The second kappa shape index (κ2) is 8.07. The molecule has 0 saturated carbocycles. The summed E-state index contributed by atoms with van der Waals surface area (Å²) in [7, 11) is -1.49. The molecule has 4 rings (SSSR count). The van der Waals surface area contributed by atoms with Crippen LogP contribution < -0.4 is 9.64 Å². The molecule has 2 aromatic rings. The Morgan fingerprint density at radius 3 is 2.60 bits per heavy atom. The molecule has 2 fully saturated rings. The van der Waals surface area contributed by atoms with E-state index in [0.29, 0.717) is 5.17 Å². The van der Waals surface area contributed by atoms with Crippen LogP contribution in [-0.2, 0) is 21.1 Å². The number of fused-ring (bicyclic) bond motifs is 1. The predicted octanol–water partition coefficient (Wildman–Crippen LogP) is 3.16. The van der Waals surface area contributed by atoms with Crippen LogP contribution in [0, 0.1) is 13.8 Å². The zero-order chi connectivity index (χ0) is 21.5. The third-order valence-corrected chi connectivity index (χ3v) is 8.85. The molecule has 1 amide bonds. The van der Waals surface area contributed by atoms with E-state index >= 15 is 0 Å². The smallest absolute Gasteiger partial charge is 0.252 e. The number of thioether (sulfide) groups is 1. The van der Waals surface area contributed by atoms with Crippen LogP contribution in [0.3, 0.4) is 0 Å². The second-order valence-electron chi connectivity index (χ2n) is 7.70. The van der Waals surface area contributed by atoms with Crippen LogP contribution in [0.25, 0.3) is 0 Å². The predicted molar refractivity (Wildman–Crippen MR) is 121 cm³/mol. The van der Waals surface area contributed by atoms with Gasteiger partial charge in [0.25, 0.3) is 5.91 Å². The average Bonchev–Trinajstić information content (AvgIpc) is 3.15. The molecular weight excluding hydrogens is 420 g/mol. The quantitative estimate of drug-likeness (QED) is 0.721. The number of carbonyl (C=O) groups excluding carboxylic acids is 1. The van der Waals surface area contributed by atoms with Crippen molar-refractivity contribution in [3.8, 4) is 5.75 Å². The zero-order valence-corrected chi connectivity index (χ0v) is 18.8. The van der Waals surface area contributed by atoms with Crippen LogP contribution in [0.1, 0.15) is 16.7 Å². The first kappa shape index (κ1) is 20.9. The number of benzene rings is 2. The first-order valence-corrected chi connectivity index (χ1v) is 12.4. The molecule has 2 aliphatic rings. The van der Waals surface area contributed by atoms with E-state index in [9.17, 15) is 13.2 Å². The van der Waals surface area contributed by atoms with Crippen LogP contribution in [0.2, 0.25) is 0 Å². The molecule has 30 heavy (non-hydrogen) atoms. The Kier molecular flexibility index (Phi) is 5.63. The summed E-state index contributed by atoms with van der Waals surface area (Å²) in [4.78, 5) is 19.1. The number of methoxy groups -OCH3 is 1. The van der Waals surface area contributed by atoms with E-state index in [1.54, 1.807) is 7.11 Å². The number of nitrogens with zero attached hydrogens (tertiary/aromatic N) is 2. The molecular formula is C22H24N2O4S2. The maximum atomic E-state index is 12.7. The van der Waals surface area contributed by atoms with Gasteiger partial charge in [0, 0.05) is 10.9 Å². The van der Waals surface area contributed by atoms with Crippen molar-refractivity contribution in [2.24, 2.45) is 4.99 Å². The van der Waals surface area contributed by atoms with Crippen molar-refractivity contribution in [2.45, 2.75) is 31.6 Å². The summed E-state index contributed by atoms with van der Waals surface area (Å²) in [5.74, 6) is 0.693. The number of rotatable bonds is 4. The van der Waals surface area contributed by atoms with Crippen LogP contribution in [0.15, 0.2) is 47.5 Å². The van der Waals surface area contributed by atoms with Crippen molar-refractivity contribution < 1.29 is 17.9 Å². The molecule has 0 aliphatic carbocycles. The minimum Gasteiger partial charge on any atom is -0.497 e. The van der Waals surface area contributed by atoms with Gasteiger partial charge in [0.15, 0.2) is 15.0 Å². The molecule has 158 valence electrons. The second-order valence-corrected chi connectivity index (χ2v) is 11.1. The summed E-state index contributed by atoms with van der Waals surface area (Å²) < 4.78 is 29.6. The monoisotopic (exact) mass is 444 g/mol. The lowest BCUT2D eigenvalue weighted by Gasteiger charge is -2.26. The van der Waals surface area contributed by atoms with E-state index in [2.05, 4.69) is 4.99 Å². The van der Waals surface area contributed by atoms with Crippen LogP contribution in [0.5, 0.6) is 5.75 Å². The fourth-order valence-electron chi connectivity index (χ4n) is 3.91. The van der Waals surface area contributed by atoms with E-state index in [-0.39, 0.29) is 35.1 Å². The van der Waals surface area contributed by atoms with E-state index < -0.39 is 9.84 Å². The first-order valence-electron chi connectivity index (χ1n) is 9.74. The average molecular weight is 445 g/mol. The van der Waals surface area contributed by atoms with Crippen molar-refractivity contribution >= 4 is 38.4 Å². The zero-order valence-electron chi connectivity index (χ0n) is 17.2. The molecule has 2 atom stereocenters. The van der Waals surface area contributed by atoms with Crippen LogP contribution in [-0.4, -0.2) is 49.4 Å². The highest BCUT2D eigenvalue weighted by atomic mass is 32.2. The highest BCUT2D eigenvalue weighted by Gasteiger charge is 2.49. The van der Waals surface area contributed by atoms with E-state index in [1.165, 1.54) is 11.8 Å². The maximum Gasteiger partial charge on any atom is 0.252 e. The molecule has 2 saturated heterocycles. The van der Waals surface area contributed by atoms with Gasteiger partial charge in [-0.3, -0.25) is 4.79 Å². The van der Waals surface area contributed by atoms with E-state index in [1.807, 2.05) is 61.2 Å². The normalized spacial score (nSPS) is 23.6. The fourth-order valence-corrected chi connectivity index (χ4v) is 7.83. The van der Waals surface area contributed by atoms with Gasteiger partial charge >= 0.3 is 0 Å². The number of amidine groups is 1. The number of ether oxygens (including phenoxy) is 1. The molecule has 0 unspecified atom stereocenters. The lowest BCUT2D eigenvalue weighted by Crippen LogP contribution is -2.38. The van der Waals surface area contributed by atoms with Crippen molar-refractivity contribution in [2.75, 3.05) is 23.5 Å². The lowest BCUT2D eigenvalue weighted by molar-refractivity contribution is -0.117. The van der Waals surface area contributed by atoms with Gasteiger partial charge < -0.3 is 9.64 Å². The Morgan fingerprint density at radius 1 is 1.17 bits per heavy atom. The first-order chi connectivity index (χ1) is 14.3. The van der Waals surface area contributed by atoms with Gasteiger partial charge in [-0.1, -0.05) is 36.0 Å². The molecule has 0 aromatic heterocycles. The fraction of sp³-hybridized carbons (Fsp3) is 0.364. The third kappa shape index (κ3) is 4.11. The number of amides is 1. The minimum atomic E-state index is -3.09. The highest BCUT2D eigenvalue weighted by molar-refractivity contribution is 8.16. The number of sulfone groups is 1. The summed E-state index contributed by atoms with van der Waals surface area (Å²) in [5.41, 5.74) is 3.96. The summed E-state index contributed by atoms with van der Waals surface area (Å²) >= 11 is 1.40. The number of aryl methyl sites for hydroxylation is 1. The van der Waals surface area contributed by atoms with E-state index in [0.717, 1.165) is 28.1 Å². The van der Waals surface area contributed by atoms with Gasteiger partial charge in [0.05, 0.1) is 31.1 Å². The van der Waals surface area contributed by atoms with E-state index in [4.69, 9.17) is 4.74 Å². The number of carbonyl (C=O) groups is 1. The summed E-state index contributed by atoms with van der Waals surface area (Å²) in [6.45, 7) is 4.04. The topological polar surface area (TPSA) is 76.0 Å². The molecule has 2 aliphatic heterocycles. The molecule has 0 radical (unpaired) electrons. The Labute approximate surface area is 181 Å². The van der Waals surface area contributed by atoms with Crippen molar-refractivity contribution in [1.29, 1.82) is 0 Å². The van der Waals surface area contributed by atoms with Crippen LogP contribution in [0.4, 0.5) is 5.69 Å². The van der Waals surface area contributed by atoms with Gasteiger partial charge in [0.1, 0.15) is 5.75 Å². The van der Waals surface area contributed by atoms with Gasteiger partial charge in [0.2, 0.25) is 0 Å². The van der Waals surface area contributed by atoms with Crippen molar-refractivity contribution in [1.82, 2.24) is 0 Å². The summed E-state index contributed by atoms with van der Waals surface area (Å²) in [6.07, 6.45) is 0.183. The van der Waals surface area contributed by atoms with Gasteiger partial charge in [-0.25, -0.2) is 8.42 Å². The SMILES string of the molecule is COc1ccc(CC(=O)N=C2S[C@@H]3CS(=O)(=O)C[C@H]3N2c2cccc(C)c2C)cc1. The number of aliphatic imine (C=N–C) groups is 1. The van der Waals surface area contributed by atoms with Crippen molar-refractivity contribution in [3.63, 3.8) is 0 Å². The Balaban J connectivity index is 1.65. The van der Waals surface area contributed by atoms with Gasteiger partial charge in [-0.05, 0) is 48.7 Å². The Hall–Kier alpha value is -2.32. The van der Waals surface area contributed by atoms with Gasteiger partial charge in [-0.15, -0.1) is 0 Å². The third-order valence-electron chi connectivity index (χ3n) is 5.64. The number of anilines is 1. The molecule has 2 heterocycles. The molecule has 0 bridgehead atoms. The molecule has 6 nitrogen and oxygen atoms in total. The molecule has 0 N–H and O–H groups in total. The molecule has 8 heteroatoms. The summed E-state index contributed by atoms with van der Waals surface area (Å²) in [5, 5.41) is 0.481. The van der Waals surface area contributed by atoms with Crippen molar-refractivity contribution in [3.05, 3.63) is 59.2 Å². The standard InChI is InChI=1S/C22H24N2O4S2/c1-14-5-4-6-18(15(14)2)24-19-12-30(26,27)13-20(19)29-22(24)23-21(25)11-16-7-9-17(28-3)10-8-16/h4-10,19-20H,11-13H2,1-3H3/t19-,20-/m1/s1. The highest BCUT2D eigenvalue weighted by Crippen LogP contribution is 2.42.